The van der Waals surface area contributed by atoms with E-state index in [1.165, 1.54) is 19.1 Å². The van der Waals surface area contributed by atoms with Crippen LogP contribution in [0.1, 0.15) is 36.5 Å². The van der Waals surface area contributed by atoms with Crippen molar-refractivity contribution in [2.24, 2.45) is 0 Å². The van der Waals surface area contributed by atoms with Crippen molar-refractivity contribution in [2.75, 3.05) is 19.1 Å². The molecule has 0 aliphatic heterocycles. The summed E-state index contributed by atoms with van der Waals surface area (Å²) in [5.74, 6) is -0.586. The van der Waals surface area contributed by atoms with E-state index < -0.39 is 17.9 Å². The lowest BCUT2D eigenvalue weighted by Gasteiger charge is -2.30. The van der Waals surface area contributed by atoms with Gasteiger partial charge in [0.2, 0.25) is 0 Å². The van der Waals surface area contributed by atoms with E-state index in [9.17, 15) is 14.7 Å². The second kappa shape index (κ2) is 9.99. The zero-order valence-corrected chi connectivity index (χ0v) is 16.9. The fraction of sp³-hybridized carbons (Fsp3) is 0.333. The number of ether oxygens (including phenoxy) is 2. The molecule has 1 unspecified atom stereocenters. The zero-order chi connectivity index (χ0) is 20.7. The van der Waals surface area contributed by atoms with Gasteiger partial charge in [0.1, 0.15) is 6.04 Å². The third kappa shape index (κ3) is 4.95. The van der Waals surface area contributed by atoms with Crippen molar-refractivity contribution in [3.63, 3.8) is 0 Å². The van der Waals surface area contributed by atoms with Crippen LogP contribution in [0.15, 0.2) is 42.5 Å². The minimum absolute atomic E-state index is 0.333. The van der Waals surface area contributed by atoms with Crippen LogP contribution in [0.2, 0.25) is 5.02 Å². The Morgan fingerprint density at radius 2 is 1.71 bits per heavy atom. The van der Waals surface area contributed by atoms with E-state index in [0.29, 0.717) is 40.6 Å². The van der Waals surface area contributed by atoms with Crippen molar-refractivity contribution < 1.29 is 24.2 Å². The number of aliphatic carboxylic acids is 1. The van der Waals surface area contributed by atoms with E-state index in [2.05, 4.69) is 0 Å². The number of amides is 1. The second-order valence-corrected chi connectivity index (χ2v) is 6.65. The van der Waals surface area contributed by atoms with Crippen LogP contribution < -0.4 is 14.4 Å². The monoisotopic (exact) mass is 405 g/mol. The summed E-state index contributed by atoms with van der Waals surface area (Å²) < 4.78 is 10.6. The van der Waals surface area contributed by atoms with Crippen LogP contribution in [0.3, 0.4) is 0 Å². The van der Waals surface area contributed by atoms with Crippen molar-refractivity contribution in [2.45, 2.75) is 32.2 Å². The minimum Gasteiger partial charge on any atom is -0.493 e. The van der Waals surface area contributed by atoms with Crippen LogP contribution in [0, 0.1) is 0 Å². The van der Waals surface area contributed by atoms with Crippen molar-refractivity contribution >= 4 is 29.2 Å². The first-order valence-electron chi connectivity index (χ1n) is 8.96. The van der Waals surface area contributed by atoms with Gasteiger partial charge in [-0.15, -0.1) is 0 Å². The molecule has 1 atom stereocenters. The van der Waals surface area contributed by atoms with Gasteiger partial charge in [-0.2, -0.15) is 0 Å². The maximum Gasteiger partial charge on any atom is 0.326 e. The first-order valence-corrected chi connectivity index (χ1v) is 9.34. The lowest BCUT2D eigenvalue weighted by atomic mass is 10.0. The number of carboxylic acid groups (broad SMARTS) is 1. The minimum atomic E-state index is -1.06. The van der Waals surface area contributed by atoms with Crippen LogP contribution in [-0.4, -0.2) is 37.2 Å². The molecule has 6 nitrogen and oxygen atoms in total. The molecule has 28 heavy (non-hydrogen) atoms. The van der Waals surface area contributed by atoms with E-state index in [-0.39, 0.29) is 0 Å². The number of benzene rings is 2. The average molecular weight is 406 g/mol. The van der Waals surface area contributed by atoms with Gasteiger partial charge in [0.05, 0.1) is 14.2 Å². The molecule has 150 valence electrons. The SMILES string of the molecule is CCCCC(C(=O)O)N(C(=O)c1ccc(Cl)cc1)c1ccc(OC)c(OC)c1. The number of unbranched alkanes of at least 4 members (excludes halogenated alkanes) is 1. The number of methoxy groups -OCH3 is 2. The van der Waals surface area contributed by atoms with Gasteiger partial charge in [0.25, 0.3) is 5.91 Å². The van der Waals surface area contributed by atoms with Crippen molar-refractivity contribution in [3.8, 4) is 11.5 Å². The molecule has 2 aromatic carbocycles. The van der Waals surface area contributed by atoms with E-state index in [4.69, 9.17) is 21.1 Å². The number of nitrogens with zero attached hydrogens (tertiary/aromatic N) is 1. The Labute approximate surface area is 169 Å². The fourth-order valence-corrected chi connectivity index (χ4v) is 3.03. The number of halogens is 1. The van der Waals surface area contributed by atoms with Gasteiger partial charge < -0.3 is 14.6 Å². The summed E-state index contributed by atoms with van der Waals surface area (Å²) >= 11 is 5.92. The third-order valence-corrected chi connectivity index (χ3v) is 4.64. The third-order valence-electron chi connectivity index (χ3n) is 4.38. The molecule has 0 radical (unpaired) electrons. The Kier molecular flexibility index (Phi) is 7.70. The summed E-state index contributed by atoms with van der Waals surface area (Å²) in [6.07, 6.45) is 1.83. The van der Waals surface area contributed by atoms with Gasteiger partial charge in [-0.1, -0.05) is 31.4 Å². The first kappa shape index (κ1) is 21.6. The highest BCUT2D eigenvalue weighted by molar-refractivity contribution is 6.30. The standard InChI is InChI=1S/C21H24ClNO5/c1-4-5-6-17(21(25)26)23(20(24)14-7-9-15(22)10-8-14)16-11-12-18(27-2)19(13-16)28-3/h7-13,17H,4-6H2,1-3H3,(H,25,26). The Balaban J connectivity index is 2.55. The van der Waals surface area contributed by atoms with Crippen molar-refractivity contribution in [1.29, 1.82) is 0 Å². The quantitative estimate of drug-likeness (QED) is 0.657. The summed E-state index contributed by atoms with van der Waals surface area (Å²) in [5.41, 5.74) is 0.767. The number of hydrogen-bond donors (Lipinski definition) is 1. The van der Waals surface area contributed by atoms with Gasteiger partial charge in [0.15, 0.2) is 11.5 Å². The topological polar surface area (TPSA) is 76.1 Å². The molecule has 0 saturated heterocycles. The zero-order valence-electron chi connectivity index (χ0n) is 16.1. The molecule has 0 fully saturated rings. The summed E-state index contributed by atoms with van der Waals surface area (Å²) in [6.45, 7) is 1.97. The van der Waals surface area contributed by atoms with Gasteiger partial charge in [-0.3, -0.25) is 9.69 Å². The molecule has 1 amide bonds. The number of carboxylic acids is 1. The van der Waals surface area contributed by atoms with Gasteiger partial charge in [-0.05, 0) is 42.8 Å². The molecule has 0 aliphatic rings. The van der Waals surface area contributed by atoms with Crippen molar-refractivity contribution in [3.05, 3.63) is 53.1 Å². The summed E-state index contributed by atoms with van der Waals surface area (Å²) in [5, 5.41) is 10.3. The van der Waals surface area contributed by atoms with E-state index in [0.717, 1.165) is 6.42 Å². The molecule has 0 heterocycles. The first-order chi connectivity index (χ1) is 13.4. The highest BCUT2D eigenvalue weighted by atomic mass is 35.5. The predicted molar refractivity (Wildman–Crippen MR) is 109 cm³/mol. The largest absolute Gasteiger partial charge is 0.493 e. The second-order valence-electron chi connectivity index (χ2n) is 6.22. The lowest BCUT2D eigenvalue weighted by Crippen LogP contribution is -2.45. The Hall–Kier alpha value is -2.73. The molecule has 2 aromatic rings. The predicted octanol–water partition coefficient (Wildman–Crippen LogP) is 4.65. The molecule has 7 heteroatoms. The molecule has 1 N–H and O–H groups in total. The molecule has 0 aromatic heterocycles. The molecular weight excluding hydrogens is 382 g/mol. The van der Waals surface area contributed by atoms with Crippen molar-refractivity contribution in [1.82, 2.24) is 0 Å². The summed E-state index contributed by atoms with van der Waals surface area (Å²) in [7, 11) is 2.99. The highest BCUT2D eigenvalue weighted by Gasteiger charge is 2.32. The molecule has 2 rings (SSSR count). The Bertz CT molecular complexity index is 822. The van der Waals surface area contributed by atoms with E-state index in [1.54, 1.807) is 42.5 Å². The number of carbonyl (C=O) groups excluding carboxylic acids is 1. The van der Waals surface area contributed by atoms with Crippen LogP contribution >= 0.6 is 11.6 Å². The maximum atomic E-state index is 13.3. The molecule has 0 aliphatic carbocycles. The number of anilines is 1. The smallest absolute Gasteiger partial charge is 0.326 e. The van der Waals surface area contributed by atoms with Gasteiger partial charge in [0, 0.05) is 22.3 Å². The fourth-order valence-electron chi connectivity index (χ4n) is 2.91. The molecule has 0 bridgehead atoms. The Morgan fingerprint density at radius 1 is 1.07 bits per heavy atom. The normalized spacial score (nSPS) is 11.6. The van der Waals surface area contributed by atoms with Crippen LogP contribution in [0.5, 0.6) is 11.5 Å². The lowest BCUT2D eigenvalue weighted by molar-refractivity contribution is -0.138. The average Bonchev–Trinajstić information content (AvgIpc) is 2.70. The molecular formula is C21H24ClNO5. The van der Waals surface area contributed by atoms with E-state index >= 15 is 0 Å². The van der Waals surface area contributed by atoms with Crippen LogP contribution in [0.4, 0.5) is 5.69 Å². The number of rotatable bonds is 9. The van der Waals surface area contributed by atoms with Gasteiger partial charge >= 0.3 is 5.97 Å². The van der Waals surface area contributed by atoms with E-state index in [1.807, 2.05) is 6.92 Å². The van der Waals surface area contributed by atoms with Crippen LogP contribution in [0.25, 0.3) is 0 Å². The number of hydrogen-bond acceptors (Lipinski definition) is 4. The highest BCUT2D eigenvalue weighted by Crippen LogP contribution is 2.33. The maximum absolute atomic E-state index is 13.3. The van der Waals surface area contributed by atoms with Crippen LogP contribution in [-0.2, 0) is 4.79 Å². The summed E-state index contributed by atoms with van der Waals surface area (Å²) in [4.78, 5) is 26.6. The van der Waals surface area contributed by atoms with Gasteiger partial charge in [-0.25, -0.2) is 4.79 Å². The number of carbonyl (C=O) groups is 2. The molecule has 0 spiro atoms. The summed E-state index contributed by atoms with van der Waals surface area (Å²) in [6, 6.07) is 10.3. The molecule has 0 saturated carbocycles. The Morgan fingerprint density at radius 3 is 2.25 bits per heavy atom.